The van der Waals surface area contributed by atoms with Gasteiger partial charge in [0.25, 0.3) is 0 Å². The molecule has 88 valence electrons. The first kappa shape index (κ1) is 11.7. The van der Waals surface area contributed by atoms with Gasteiger partial charge in [-0.2, -0.15) is 0 Å². The second-order valence-electron chi connectivity index (χ2n) is 4.14. The van der Waals surface area contributed by atoms with Crippen molar-refractivity contribution in [2.24, 2.45) is 0 Å². The van der Waals surface area contributed by atoms with Crippen LogP contribution >= 0.6 is 0 Å². The first-order valence-electron chi connectivity index (χ1n) is 5.49. The summed E-state index contributed by atoms with van der Waals surface area (Å²) in [4.78, 5) is 3.91. The van der Waals surface area contributed by atoms with Crippen molar-refractivity contribution < 1.29 is 9.50 Å². The quantitative estimate of drug-likeness (QED) is 0.881. The molecule has 0 bridgehead atoms. The lowest BCUT2D eigenvalue weighted by Gasteiger charge is -2.12. The molecule has 0 saturated carbocycles. The second kappa shape index (κ2) is 5.06. The van der Waals surface area contributed by atoms with Gasteiger partial charge < -0.3 is 5.11 Å². The van der Waals surface area contributed by atoms with E-state index in [4.69, 9.17) is 0 Å². The average Bonchev–Trinajstić information content (AvgIpc) is 2.29. The molecular formula is C14H14FNO. The van der Waals surface area contributed by atoms with E-state index in [9.17, 15) is 9.50 Å². The molecule has 1 N–H and O–H groups in total. The molecule has 17 heavy (non-hydrogen) atoms. The maximum atomic E-state index is 13.2. The molecule has 0 fully saturated rings. The van der Waals surface area contributed by atoms with Crippen molar-refractivity contribution in [3.63, 3.8) is 0 Å². The van der Waals surface area contributed by atoms with E-state index < -0.39 is 6.10 Å². The Labute approximate surface area is 99.8 Å². The van der Waals surface area contributed by atoms with Gasteiger partial charge in [-0.25, -0.2) is 4.39 Å². The molecule has 2 nitrogen and oxygen atoms in total. The van der Waals surface area contributed by atoms with Gasteiger partial charge in [0, 0.05) is 18.8 Å². The van der Waals surface area contributed by atoms with Gasteiger partial charge in [0.1, 0.15) is 5.82 Å². The third-order valence-electron chi connectivity index (χ3n) is 2.63. The van der Waals surface area contributed by atoms with Gasteiger partial charge in [0.05, 0.1) is 6.10 Å². The molecule has 1 aromatic carbocycles. The molecule has 1 heterocycles. The van der Waals surface area contributed by atoms with Crippen molar-refractivity contribution in [2.75, 3.05) is 0 Å². The van der Waals surface area contributed by atoms with Crippen molar-refractivity contribution in [1.29, 1.82) is 0 Å². The maximum Gasteiger partial charge on any atom is 0.123 e. The van der Waals surface area contributed by atoms with Gasteiger partial charge in [-0.3, -0.25) is 4.98 Å². The monoisotopic (exact) mass is 231 g/mol. The lowest BCUT2D eigenvalue weighted by Crippen LogP contribution is -2.02. The summed E-state index contributed by atoms with van der Waals surface area (Å²) in [5, 5.41) is 10.0. The lowest BCUT2D eigenvalue weighted by atomic mass is 10.0. The highest BCUT2D eigenvalue weighted by atomic mass is 19.1. The number of pyridine rings is 1. The van der Waals surface area contributed by atoms with Crippen molar-refractivity contribution in [1.82, 2.24) is 4.98 Å². The smallest absolute Gasteiger partial charge is 0.123 e. The second-order valence-corrected chi connectivity index (χ2v) is 4.14. The third kappa shape index (κ3) is 3.11. The van der Waals surface area contributed by atoms with Crippen LogP contribution in [-0.4, -0.2) is 10.1 Å². The van der Waals surface area contributed by atoms with Crippen molar-refractivity contribution in [3.8, 4) is 0 Å². The topological polar surface area (TPSA) is 33.1 Å². The van der Waals surface area contributed by atoms with Crippen molar-refractivity contribution in [2.45, 2.75) is 19.4 Å². The van der Waals surface area contributed by atoms with Gasteiger partial charge in [-0.05, 0) is 47.9 Å². The first-order valence-corrected chi connectivity index (χ1v) is 5.49. The largest absolute Gasteiger partial charge is 0.388 e. The van der Waals surface area contributed by atoms with E-state index >= 15 is 0 Å². The summed E-state index contributed by atoms with van der Waals surface area (Å²) in [6.07, 6.45) is 3.13. The standard InChI is InChI=1S/C14H14FNO/c1-10-6-12(9-13(15)7-10)14(17)8-11-2-4-16-5-3-11/h2-7,9,14,17H,8H2,1H3. The summed E-state index contributed by atoms with van der Waals surface area (Å²) >= 11 is 0. The minimum Gasteiger partial charge on any atom is -0.388 e. The molecule has 0 amide bonds. The van der Waals surface area contributed by atoms with E-state index in [2.05, 4.69) is 4.98 Å². The number of aromatic nitrogens is 1. The minimum absolute atomic E-state index is 0.311. The van der Waals surface area contributed by atoms with Crippen LogP contribution in [0.1, 0.15) is 22.8 Å². The summed E-state index contributed by atoms with van der Waals surface area (Å²) in [5.74, 6) is -0.311. The van der Waals surface area contributed by atoms with Crippen molar-refractivity contribution in [3.05, 3.63) is 65.2 Å². The molecule has 0 aliphatic heterocycles. The Morgan fingerprint density at radius 3 is 2.59 bits per heavy atom. The summed E-state index contributed by atoms with van der Waals surface area (Å²) in [5.41, 5.74) is 2.41. The van der Waals surface area contributed by atoms with Crippen LogP contribution in [0.5, 0.6) is 0 Å². The van der Waals surface area contributed by atoms with Crippen LogP contribution in [0.2, 0.25) is 0 Å². The lowest BCUT2D eigenvalue weighted by molar-refractivity contribution is 0.178. The maximum absolute atomic E-state index is 13.2. The van der Waals surface area contributed by atoms with Crippen LogP contribution in [0.15, 0.2) is 42.7 Å². The van der Waals surface area contributed by atoms with Gasteiger partial charge in [0.15, 0.2) is 0 Å². The number of aryl methyl sites for hydroxylation is 1. The highest BCUT2D eigenvalue weighted by Gasteiger charge is 2.10. The Morgan fingerprint density at radius 1 is 1.24 bits per heavy atom. The number of benzene rings is 1. The fourth-order valence-electron chi connectivity index (χ4n) is 1.82. The molecule has 1 unspecified atom stereocenters. The van der Waals surface area contributed by atoms with Crippen LogP contribution in [0.25, 0.3) is 0 Å². The molecule has 1 aromatic heterocycles. The number of nitrogens with zero attached hydrogens (tertiary/aromatic N) is 1. The summed E-state index contributed by atoms with van der Waals surface area (Å²) < 4.78 is 13.2. The van der Waals surface area contributed by atoms with Gasteiger partial charge >= 0.3 is 0 Å². The Hall–Kier alpha value is -1.74. The van der Waals surface area contributed by atoms with E-state index in [0.29, 0.717) is 12.0 Å². The van der Waals surface area contributed by atoms with E-state index in [1.165, 1.54) is 12.1 Å². The van der Waals surface area contributed by atoms with Gasteiger partial charge in [-0.1, -0.05) is 6.07 Å². The summed E-state index contributed by atoms with van der Waals surface area (Å²) in [6.45, 7) is 1.81. The van der Waals surface area contributed by atoms with E-state index in [1.54, 1.807) is 18.5 Å². The molecule has 2 aromatic rings. The zero-order valence-electron chi connectivity index (χ0n) is 9.60. The van der Waals surface area contributed by atoms with Gasteiger partial charge in [0.2, 0.25) is 0 Å². The molecule has 0 spiro atoms. The highest BCUT2D eigenvalue weighted by Crippen LogP contribution is 2.20. The molecule has 0 radical (unpaired) electrons. The van der Waals surface area contributed by atoms with Crippen molar-refractivity contribution >= 4 is 0 Å². The van der Waals surface area contributed by atoms with Crippen LogP contribution in [0.4, 0.5) is 4.39 Å². The Kier molecular flexibility index (Phi) is 3.49. The molecule has 0 saturated heterocycles. The summed E-state index contributed by atoms with van der Waals surface area (Å²) in [7, 11) is 0. The molecule has 2 rings (SSSR count). The molecule has 1 atom stereocenters. The highest BCUT2D eigenvalue weighted by molar-refractivity contribution is 5.26. The van der Waals surface area contributed by atoms with Crippen LogP contribution < -0.4 is 0 Å². The average molecular weight is 231 g/mol. The van der Waals surface area contributed by atoms with E-state index in [-0.39, 0.29) is 5.82 Å². The zero-order valence-corrected chi connectivity index (χ0v) is 9.60. The first-order chi connectivity index (χ1) is 8.15. The predicted octanol–water partition coefficient (Wildman–Crippen LogP) is 2.81. The number of hydrogen-bond donors (Lipinski definition) is 1. The fraction of sp³-hybridized carbons (Fsp3) is 0.214. The molecular weight excluding hydrogens is 217 g/mol. The predicted molar refractivity (Wildman–Crippen MR) is 64.0 cm³/mol. The molecule has 3 heteroatoms. The van der Waals surface area contributed by atoms with E-state index in [1.807, 2.05) is 19.1 Å². The normalized spacial score (nSPS) is 12.4. The van der Waals surface area contributed by atoms with Crippen LogP contribution in [0.3, 0.4) is 0 Å². The Bertz CT molecular complexity index is 479. The molecule has 0 aliphatic carbocycles. The zero-order chi connectivity index (χ0) is 12.3. The fourth-order valence-corrected chi connectivity index (χ4v) is 1.82. The number of halogens is 1. The Morgan fingerprint density at radius 2 is 1.94 bits per heavy atom. The third-order valence-corrected chi connectivity index (χ3v) is 2.63. The van der Waals surface area contributed by atoms with Gasteiger partial charge in [-0.15, -0.1) is 0 Å². The summed E-state index contributed by atoms with van der Waals surface area (Å²) in [6, 6.07) is 8.31. The van der Waals surface area contributed by atoms with Crippen LogP contribution in [0, 0.1) is 12.7 Å². The number of aliphatic hydroxyl groups is 1. The number of aliphatic hydroxyl groups excluding tert-OH is 1. The van der Waals surface area contributed by atoms with E-state index in [0.717, 1.165) is 11.1 Å². The molecule has 0 aliphatic rings. The van der Waals surface area contributed by atoms with Crippen LogP contribution in [-0.2, 0) is 6.42 Å². The minimum atomic E-state index is -0.688. The number of rotatable bonds is 3. The number of hydrogen-bond acceptors (Lipinski definition) is 2. The Balaban J connectivity index is 2.17. The SMILES string of the molecule is Cc1cc(F)cc(C(O)Cc2ccncc2)c1.